The Morgan fingerprint density at radius 2 is 2.17 bits per heavy atom. The molecule has 1 aromatic carbocycles. The Kier molecular flexibility index (Phi) is 3.84. The van der Waals surface area contributed by atoms with Gasteiger partial charge in [0.15, 0.2) is 0 Å². The molecule has 1 fully saturated rings. The van der Waals surface area contributed by atoms with Crippen LogP contribution in [-0.4, -0.2) is 36.5 Å². The molecule has 98 valence electrons. The van der Waals surface area contributed by atoms with Gasteiger partial charge in [0, 0.05) is 18.7 Å². The lowest BCUT2D eigenvalue weighted by molar-refractivity contribution is 0.0295. The lowest BCUT2D eigenvalue weighted by atomic mass is 10.0. The first-order valence-corrected chi connectivity index (χ1v) is 5.99. The van der Waals surface area contributed by atoms with E-state index in [1.807, 2.05) is 31.2 Å². The summed E-state index contributed by atoms with van der Waals surface area (Å²) in [6, 6.07) is 7.20. The first kappa shape index (κ1) is 12.9. The number of amides is 2. The minimum atomic E-state index is -0.926. The van der Waals surface area contributed by atoms with Crippen molar-refractivity contribution in [3.63, 3.8) is 0 Å². The van der Waals surface area contributed by atoms with Crippen molar-refractivity contribution in [3.8, 4) is 0 Å². The van der Waals surface area contributed by atoms with Crippen molar-refractivity contribution in [2.75, 3.05) is 25.1 Å². The lowest BCUT2D eigenvalue weighted by Crippen LogP contribution is -2.44. The van der Waals surface area contributed by atoms with Crippen LogP contribution in [0.25, 0.3) is 0 Å². The van der Waals surface area contributed by atoms with Gasteiger partial charge < -0.3 is 20.5 Å². The van der Waals surface area contributed by atoms with E-state index < -0.39 is 5.60 Å². The number of nitrogens with one attached hydrogen (secondary N) is 2. The van der Waals surface area contributed by atoms with Crippen LogP contribution >= 0.6 is 0 Å². The highest BCUT2D eigenvalue weighted by Crippen LogP contribution is 2.17. The Bertz CT molecular complexity index is 411. The van der Waals surface area contributed by atoms with Gasteiger partial charge in [-0.25, -0.2) is 4.79 Å². The van der Waals surface area contributed by atoms with Crippen LogP contribution in [0.4, 0.5) is 10.5 Å². The molecule has 0 spiro atoms. The van der Waals surface area contributed by atoms with Crippen molar-refractivity contribution >= 4 is 11.7 Å². The molecule has 1 atom stereocenters. The number of aliphatic hydroxyl groups is 1. The van der Waals surface area contributed by atoms with Crippen molar-refractivity contribution in [2.45, 2.75) is 18.9 Å². The summed E-state index contributed by atoms with van der Waals surface area (Å²) in [6.45, 7) is 3.00. The summed E-state index contributed by atoms with van der Waals surface area (Å²) in [5.41, 5.74) is 0.941. The van der Waals surface area contributed by atoms with Gasteiger partial charge in [0.25, 0.3) is 0 Å². The van der Waals surface area contributed by atoms with E-state index in [4.69, 9.17) is 4.74 Å². The van der Waals surface area contributed by atoms with Crippen molar-refractivity contribution in [1.29, 1.82) is 0 Å². The van der Waals surface area contributed by atoms with E-state index in [9.17, 15) is 9.90 Å². The van der Waals surface area contributed by atoms with Gasteiger partial charge >= 0.3 is 6.03 Å². The van der Waals surface area contributed by atoms with Crippen LogP contribution < -0.4 is 10.6 Å². The monoisotopic (exact) mass is 250 g/mol. The number of hydrogen-bond acceptors (Lipinski definition) is 3. The molecule has 1 aliphatic heterocycles. The minimum absolute atomic E-state index is 0.199. The number of urea groups is 1. The zero-order chi connectivity index (χ0) is 13.0. The Morgan fingerprint density at radius 1 is 1.44 bits per heavy atom. The molecule has 0 bridgehead atoms. The molecular weight excluding hydrogens is 232 g/mol. The molecule has 1 unspecified atom stereocenters. The molecule has 1 aromatic rings. The van der Waals surface area contributed by atoms with Gasteiger partial charge in [-0.3, -0.25) is 0 Å². The van der Waals surface area contributed by atoms with Crippen LogP contribution in [-0.2, 0) is 4.74 Å². The summed E-state index contributed by atoms with van der Waals surface area (Å²) in [6.07, 6.45) is 0.553. The molecular formula is C13H18N2O3. The van der Waals surface area contributed by atoms with Crippen molar-refractivity contribution < 1.29 is 14.6 Å². The second-order valence-corrected chi connectivity index (χ2v) is 4.70. The third kappa shape index (κ3) is 3.45. The first-order valence-electron chi connectivity index (χ1n) is 5.99. The molecule has 2 rings (SSSR count). The first-order chi connectivity index (χ1) is 8.57. The van der Waals surface area contributed by atoms with Crippen LogP contribution in [0.2, 0.25) is 0 Å². The Hall–Kier alpha value is -1.59. The molecule has 2 amide bonds. The van der Waals surface area contributed by atoms with Crippen molar-refractivity contribution in [3.05, 3.63) is 29.8 Å². The topological polar surface area (TPSA) is 70.6 Å². The Labute approximate surface area is 106 Å². The normalized spacial score (nSPS) is 22.8. The maximum atomic E-state index is 11.6. The van der Waals surface area contributed by atoms with Gasteiger partial charge in [-0.1, -0.05) is 17.7 Å². The standard InChI is InChI=1S/C13H18N2O3/c1-10-2-4-11(5-3-10)15-12(16)14-8-13(17)6-7-18-9-13/h2-5,17H,6-9H2,1H3,(H2,14,15,16). The van der Waals surface area contributed by atoms with Crippen LogP contribution in [0, 0.1) is 6.92 Å². The third-order valence-corrected chi connectivity index (χ3v) is 2.97. The number of carbonyl (C=O) groups is 1. The highest BCUT2D eigenvalue weighted by Gasteiger charge is 2.32. The van der Waals surface area contributed by atoms with Gasteiger partial charge in [-0.05, 0) is 19.1 Å². The van der Waals surface area contributed by atoms with Crippen molar-refractivity contribution in [1.82, 2.24) is 5.32 Å². The SMILES string of the molecule is Cc1ccc(NC(=O)NCC2(O)CCOC2)cc1. The van der Waals surface area contributed by atoms with E-state index in [0.717, 1.165) is 11.3 Å². The van der Waals surface area contributed by atoms with Crippen LogP contribution in [0.5, 0.6) is 0 Å². The summed E-state index contributed by atoms with van der Waals surface area (Å²) in [4.78, 5) is 11.6. The fourth-order valence-corrected chi connectivity index (χ4v) is 1.79. The fraction of sp³-hybridized carbons (Fsp3) is 0.462. The highest BCUT2D eigenvalue weighted by atomic mass is 16.5. The smallest absolute Gasteiger partial charge is 0.319 e. The molecule has 5 nitrogen and oxygen atoms in total. The number of hydrogen-bond donors (Lipinski definition) is 3. The fourth-order valence-electron chi connectivity index (χ4n) is 1.79. The molecule has 18 heavy (non-hydrogen) atoms. The van der Waals surface area contributed by atoms with Crippen LogP contribution in [0.3, 0.4) is 0 Å². The van der Waals surface area contributed by atoms with Crippen molar-refractivity contribution in [2.24, 2.45) is 0 Å². The van der Waals surface area contributed by atoms with Gasteiger partial charge in [0.05, 0.1) is 13.2 Å². The number of aryl methyl sites for hydroxylation is 1. The zero-order valence-electron chi connectivity index (χ0n) is 10.4. The van der Waals surface area contributed by atoms with E-state index in [-0.39, 0.29) is 19.2 Å². The Morgan fingerprint density at radius 3 is 2.78 bits per heavy atom. The molecule has 1 aliphatic rings. The van der Waals surface area contributed by atoms with Gasteiger partial charge in [0.2, 0.25) is 0 Å². The average Bonchev–Trinajstić information content (AvgIpc) is 2.78. The minimum Gasteiger partial charge on any atom is -0.386 e. The number of ether oxygens (including phenoxy) is 1. The third-order valence-electron chi connectivity index (χ3n) is 2.97. The maximum absolute atomic E-state index is 11.6. The van der Waals surface area contributed by atoms with Gasteiger partial charge in [0.1, 0.15) is 5.60 Å². The average molecular weight is 250 g/mol. The van der Waals surface area contributed by atoms with Gasteiger partial charge in [-0.2, -0.15) is 0 Å². The molecule has 3 N–H and O–H groups in total. The van der Waals surface area contributed by atoms with Crippen LogP contribution in [0.1, 0.15) is 12.0 Å². The molecule has 1 saturated heterocycles. The predicted octanol–water partition coefficient (Wildman–Crippen LogP) is 1.27. The summed E-state index contributed by atoms with van der Waals surface area (Å²) in [5, 5.41) is 15.3. The summed E-state index contributed by atoms with van der Waals surface area (Å²) < 4.78 is 5.10. The number of rotatable bonds is 3. The van der Waals surface area contributed by atoms with E-state index in [2.05, 4.69) is 10.6 Å². The number of carbonyl (C=O) groups excluding carboxylic acids is 1. The maximum Gasteiger partial charge on any atom is 0.319 e. The summed E-state index contributed by atoms with van der Waals surface area (Å²) >= 11 is 0. The number of benzene rings is 1. The quantitative estimate of drug-likeness (QED) is 0.756. The second kappa shape index (κ2) is 5.37. The molecule has 5 heteroatoms. The molecule has 0 radical (unpaired) electrons. The summed E-state index contributed by atoms with van der Waals surface area (Å²) in [7, 11) is 0. The van der Waals surface area contributed by atoms with E-state index in [1.165, 1.54) is 0 Å². The van der Waals surface area contributed by atoms with Crippen LogP contribution in [0.15, 0.2) is 24.3 Å². The van der Waals surface area contributed by atoms with Gasteiger partial charge in [-0.15, -0.1) is 0 Å². The largest absolute Gasteiger partial charge is 0.386 e. The number of anilines is 1. The molecule has 0 aromatic heterocycles. The molecule has 0 aliphatic carbocycles. The predicted molar refractivity (Wildman–Crippen MR) is 68.6 cm³/mol. The molecule has 0 saturated carbocycles. The second-order valence-electron chi connectivity index (χ2n) is 4.70. The van der Waals surface area contributed by atoms with E-state index in [0.29, 0.717) is 13.0 Å². The van der Waals surface area contributed by atoms with E-state index >= 15 is 0 Å². The molecule has 1 heterocycles. The summed E-state index contributed by atoms with van der Waals surface area (Å²) in [5.74, 6) is 0. The zero-order valence-corrected chi connectivity index (χ0v) is 10.4. The lowest BCUT2D eigenvalue weighted by Gasteiger charge is -2.20. The van der Waals surface area contributed by atoms with E-state index in [1.54, 1.807) is 0 Å². The highest BCUT2D eigenvalue weighted by molar-refractivity contribution is 5.89. The Balaban J connectivity index is 1.80.